The van der Waals surface area contributed by atoms with Crippen molar-refractivity contribution in [1.82, 2.24) is 24.9 Å². The summed E-state index contributed by atoms with van der Waals surface area (Å²) in [5.74, 6) is -1.90. The minimum Gasteiger partial charge on any atom is -0.496 e. The number of nitrogens with zero attached hydrogens (tertiary/aromatic N) is 3. The molecule has 14 heteroatoms. The van der Waals surface area contributed by atoms with Crippen LogP contribution >= 0.6 is 11.3 Å². The SMILES string of the molecule is C=CC1C[C@]1(NC(=O)[C@@H]1C[C@@H](Oc2cc(-c3nc(C(C)C)cs3)nc3c(C)c(OC)ccc23)C[C@H]1C(=O)N(C)CCCCC)C(=O)NS(=O)(=O)C1CC1. The first-order valence-corrected chi connectivity index (χ1v) is 21.0. The number of carbonyl (C=O) groups excluding carboxylic acids is 3. The zero-order valence-electron chi connectivity index (χ0n) is 31.4. The Bertz CT molecular complexity index is 2010. The highest BCUT2D eigenvalue weighted by atomic mass is 32.2. The van der Waals surface area contributed by atoms with Gasteiger partial charge in [-0.25, -0.2) is 18.4 Å². The maximum atomic E-state index is 14.3. The van der Waals surface area contributed by atoms with Crippen molar-refractivity contribution in [2.75, 3.05) is 20.7 Å². The third kappa shape index (κ3) is 7.94. The quantitative estimate of drug-likeness (QED) is 0.134. The Kier molecular flexibility index (Phi) is 11.2. The maximum Gasteiger partial charge on any atom is 0.259 e. The minimum absolute atomic E-state index is 0.164. The molecule has 0 aliphatic heterocycles. The van der Waals surface area contributed by atoms with Crippen LogP contribution in [0.4, 0.5) is 0 Å². The summed E-state index contributed by atoms with van der Waals surface area (Å²) < 4.78 is 40.0. The number of sulfonamides is 1. The number of hydrogen-bond donors (Lipinski definition) is 2. The van der Waals surface area contributed by atoms with Gasteiger partial charge in [0.1, 0.15) is 33.8 Å². The molecule has 3 aliphatic rings. The summed E-state index contributed by atoms with van der Waals surface area (Å²) >= 11 is 1.51. The fourth-order valence-corrected chi connectivity index (χ4v) is 9.63. The van der Waals surface area contributed by atoms with Gasteiger partial charge in [0.05, 0.1) is 35.4 Å². The molecule has 0 spiro atoms. The molecule has 2 N–H and O–H groups in total. The van der Waals surface area contributed by atoms with Crippen molar-refractivity contribution in [3.63, 3.8) is 0 Å². The van der Waals surface area contributed by atoms with Gasteiger partial charge in [0.2, 0.25) is 21.8 Å². The van der Waals surface area contributed by atoms with Crippen LogP contribution in [0.3, 0.4) is 0 Å². The summed E-state index contributed by atoms with van der Waals surface area (Å²) in [7, 11) is -0.470. The highest BCUT2D eigenvalue weighted by Gasteiger charge is 2.62. The molecular formula is C39H51N5O7S2. The van der Waals surface area contributed by atoms with Crippen LogP contribution < -0.4 is 19.5 Å². The predicted molar refractivity (Wildman–Crippen MR) is 205 cm³/mol. The summed E-state index contributed by atoms with van der Waals surface area (Å²) in [6, 6.07) is 5.64. The first-order chi connectivity index (χ1) is 25.2. The number of aryl methyl sites for hydroxylation is 1. The topological polar surface area (TPSA) is 157 Å². The Balaban J connectivity index is 1.31. The van der Waals surface area contributed by atoms with Crippen LogP contribution in [0.2, 0.25) is 0 Å². The van der Waals surface area contributed by atoms with E-state index in [1.807, 2.05) is 30.5 Å². The van der Waals surface area contributed by atoms with Gasteiger partial charge in [-0.05, 0) is 63.5 Å². The number of aromatic nitrogens is 2. The van der Waals surface area contributed by atoms with Gasteiger partial charge in [0.25, 0.3) is 5.91 Å². The van der Waals surface area contributed by atoms with Gasteiger partial charge >= 0.3 is 0 Å². The van der Waals surface area contributed by atoms with Crippen molar-refractivity contribution in [2.24, 2.45) is 17.8 Å². The third-order valence-corrected chi connectivity index (χ3v) is 13.6. The molecule has 3 aromatic rings. The molecule has 286 valence electrons. The Labute approximate surface area is 316 Å². The molecule has 1 aromatic carbocycles. The minimum atomic E-state index is -3.84. The van der Waals surface area contributed by atoms with Gasteiger partial charge in [-0.3, -0.25) is 19.1 Å². The fourth-order valence-electron chi connectivity index (χ4n) is 7.33. The van der Waals surface area contributed by atoms with E-state index in [1.54, 1.807) is 25.1 Å². The lowest BCUT2D eigenvalue weighted by molar-refractivity contribution is -0.140. The molecule has 0 bridgehead atoms. The molecule has 1 unspecified atom stereocenters. The van der Waals surface area contributed by atoms with Crippen molar-refractivity contribution in [3.05, 3.63) is 47.5 Å². The normalized spacial score (nSPS) is 23.8. The number of rotatable bonds is 16. The van der Waals surface area contributed by atoms with Crippen molar-refractivity contribution in [2.45, 2.75) is 102 Å². The van der Waals surface area contributed by atoms with Gasteiger partial charge in [-0.15, -0.1) is 17.9 Å². The summed E-state index contributed by atoms with van der Waals surface area (Å²) in [5.41, 5.74) is 1.71. The first-order valence-electron chi connectivity index (χ1n) is 18.6. The predicted octanol–water partition coefficient (Wildman–Crippen LogP) is 5.89. The molecule has 2 heterocycles. The van der Waals surface area contributed by atoms with Gasteiger partial charge < -0.3 is 19.7 Å². The Morgan fingerprint density at radius 3 is 2.49 bits per heavy atom. The number of hydrogen-bond acceptors (Lipinski definition) is 10. The molecule has 5 atom stereocenters. The number of unbranched alkanes of at least 4 members (excludes halogenated alkanes) is 2. The van der Waals surface area contributed by atoms with Gasteiger partial charge in [0, 0.05) is 41.9 Å². The average Bonchev–Trinajstić information content (AvgIpc) is 4.01. The molecule has 6 rings (SSSR count). The van der Waals surface area contributed by atoms with Crippen LogP contribution in [0.5, 0.6) is 11.5 Å². The fraction of sp³-hybridized carbons (Fsp3) is 0.564. The number of methoxy groups -OCH3 is 1. The van der Waals surface area contributed by atoms with E-state index in [4.69, 9.17) is 19.4 Å². The van der Waals surface area contributed by atoms with Crippen molar-refractivity contribution < 1.29 is 32.3 Å². The summed E-state index contributed by atoms with van der Waals surface area (Å²) in [4.78, 5) is 53.3. The van der Waals surface area contributed by atoms with Gasteiger partial charge in [-0.1, -0.05) is 39.7 Å². The van der Waals surface area contributed by atoms with Gasteiger partial charge in [-0.2, -0.15) is 0 Å². The van der Waals surface area contributed by atoms with Crippen LogP contribution in [-0.2, 0) is 24.4 Å². The maximum absolute atomic E-state index is 14.3. The lowest BCUT2D eigenvalue weighted by Gasteiger charge is -2.26. The van der Waals surface area contributed by atoms with E-state index in [1.165, 1.54) is 11.3 Å². The van der Waals surface area contributed by atoms with Crippen LogP contribution in [0.15, 0.2) is 36.2 Å². The molecule has 3 amide bonds. The molecule has 2 aromatic heterocycles. The average molecular weight is 766 g/mol. The molecule has 3 saturated carbocycles. The van der Waals surface area contributed by atoms with Crippen molar-refractivity contribution >= 4 is 50.0 Å². The Morgan fingerprint density at radius 2 is 1.87 bits per heavy atom. The standard InChI is InChI=1S/C39H51N5O7S2/c1-8-10-11-16-44(6)37(46)29-18-25(17-28(29)35(45)42-39(20-24(39)9-2)38(47)43-53(48,49)26-12-13-26)51-33-19-30(36-41-31(21-52-36)22(3)4)40-34-23(5)32(50-7)15-14-27(33)34/h9,14-15,19,21-22,24-26,28-29H,2,8,10-13,16-18,20H2,1,3-7H3,(H,42,45)(H,43,47)/t24?,25-,28-,29-,39-/m1/s1. The third-order valence-electron chi connectivity index (χ3n) is 10.9. The second-order valence-corrected chi connectivity index (χ2v) is 17.9. The first kappa shape index (κ1) is 38.7. The molecule has 0 saturated heterocycles. The second-order valence-electron chi connectivity index (χ2n) is 15.1. The Morgan fingerprint density at radius 1 is 1.13 bits per heavy atom. The molecule has 3 fully saturated rings. The molecule has 3 aliphatic carbocycles. The number of amides is 3. The zero-order chi connectivity index (χ0) is 38.2. The number of fused-ring (bicyclic) bond motifs is 1. The Hall–Kier alpha value is -4.04. The smallest absolute Gasteiger partial charge is 0.259 e. The van der Waals surface area contributed by atoms with E-state index >= 15 is 0 Å². The lowest BCUT2D eigenvalue weighted by atomic mass is 9.93. The highest BCUT2D eigenvalue weighted by molar-refractivity contribution is 7.91. The van der Waals surface area contributed by atoms with E-state index in [0.29, 0.717) is 42.1 Å². The summed E-state index contributed by atoms with van der Waals surface area (Å²) in [6.07, 6.45) is 5.55. The molecule has 0 radical (unpaired) electrons. The summed E-state index contributed by atoms with van der Waals surface area (Å²) in [6.45, 7) is 12.6. The lowest BCUT2D eigenvalue weighted by Crippen LogP contribution is -2.54. The van der Waals surface area contributed by atoms with E-state index in [2.05, 4.69) is 37.4 Å². The molecule has 12 nitrogen and oxygen atoms in total. The summed E-state index contributed by atoms with van der Waals surface area (Å²) in [5, 5.41) is 5.85. The van der Waals surface area contributed by atoms with E-state index in [-0.39, 0.29) is 31.1 Å². The number of ether oxygens (including phenoxy) is 2. The molecule has 53 heavy (non-hydrogen) atoms. The van der Waals surface area contributed by atoms with E-state index in [9.17, 15) is 22.8 Å². The van der Waals surface area contributed by atoms with E-state index < -0.39 is 56.5 Å². The number of pyridine rings is 1. The zero-order valence-corrected chi connectivity index (χ0v) is 33.1. The number of carbonyl (C=O) groups is 3. The van der Waals surface area contributed by atoms with Crippen LogP contribution in [0, 0.1) is 24.7 Å². The van der Waals surface area contributed by atoms with Crippen LogP contribution in [0.25, 0.3) is 21.6 Å². The van der Waals surface area contributed by atoms with E-state index in [0.717, 1.165) is 40.9 Å². The van der Waals surface area contributed by atoms with Crippen LogP contribution in [-0.4, -0.2) is 78.6 Å². The largest absolute Gasteiger partial charge is 0.496 e. The van der Waals surface area contributed by atoms with Crippen molar-refractivity contribution in [1.29, 1.82) is 0 Å². The van der Waals surface area contributed by atoms with Gasteiger partial charge in [0.15, 0.2) is 0 Å². The monoisotopic (exact) mass is 765 g/mol. The number of thiazole rings is 1. The number of nitrogens with one attached hydrogen (secondary N) is 2. The molecular weight excluding hydrogens is 715 g/mol. The second kappa shape index (κ2) is 15.4. The van der Waals surface area contributed by atoms with Crippen LogP contribution in [0.1, 0.15) is 89.3 Å². The van der Waals surface area contributed by atoms with Crippen molar-refractivity contribution in [3.8, 4) is 22.2 Å². The highest BCUT2D eigenvalue weighted by Crippen LogP contribution is 2.47. The number of benzene rings is 1.